The summed E-state index contributed by atoms with van der Waals surface area (Å²) in [5, 5.41) is 7.10. The standard InChI is InChI=1S/C18H44N6OSi2/c1-26(2,17-21-8-12-23-10-6-20-7-11-23)25-27(3,4)18-24-15-13-22(9-5-19)14-16-24/h20-21H,5-19H2,1-4H3. The van der Waals surface area contributed by atoms with Crippen molar-refractivity contribution in [1.29, 1.82) is 0 Å². The van der Waals surface area contributed by atoms with Gasteiger partial charge in [-0.25, -0.2) is 0 Å². The van der Waals surface area contributed by atoms with Gasteiger partial charge in [0.05, 0.1) is 0 Å². The summed E-state index contributed by atoms with van der Waals surface area (Å²) in [5.41, 5.74) is 5.68. The van der Waals surface area contributed by atoms with Crippen LogP contribution in [0.5, 0.6) is 0 Å². The number of nitrogens with zero attached hydrogens (tertiary/aromatic N) is 3. The number of hydrogen-bond donors (Lipinski definition) is 3. The van der Waals surface area contributed by atoms with Gasteiger partial charge in [-0.05, 0) is 26.2 Å². The summed E-state index contributed by atoms with van der Waals surface area (Å²) in [6.45, 7) is 22.8. The van der Waals surface area contributed by atoms with Crippen molar-refractivity contribution in [2.75, 3.05) is 90.9 Å². The Morgan fingerprint density at radius 1 is 0.852 bits per heavy atom. The van der Waals surface area contributed by atoms with Gasteiger partial charge in [-0.2, -0.15) is 0 Å². The Morgan fingerprint density at radius 3 is 2.07 bits per heavy atom. The van der Waals surface area contributed by atoms with E-state index in [0.29, 0.717) is 0 Å². The molecule has 0 aliphatic carbocycles. The lowest BCUT2D eigenvalue weighted by atomic mass is 10.3. The molecular weight excluding hydrogens is 372 g/mol. The van der Waals surface area contributed by atoms with E-state index in [4.69, 9.17) is 9.85 Å². The van der Waals surface area contributed by atoms with E-state index < -0.39 is 16.6 Å². The monoisotopic (exact) mass is 416 g/mol. The van der Waals surface area contributed by atoms with E-state index >= 15 is 0 Å². The fraction of sp³-hybridized carbons (Fsp3) is 1.00. The highest BCUT2D eigenvalue weighted by Crippen LogP contribution is 2.16. The Bertz CT molecular complexity index is 413. The summed E-state index contributed by atoms with van der Waals surface area (Å²) in [4.78, 5) is 7.64. The number of nitrogens with two attached hydrogens (primary N) is 1. The van der Waals surface area contributed by atoms with Crippen molar-refractivity contribution in [3.8, 4) is 0 Å². The van der Waals surface area contributed by atoms with E-state index in [2.05, 4.69) is 51.5 Å². The Balaban J connectivity index is 1.64. The SMILES string of the molecule is C[Si](C)(CNCCN1CCNCC1)O[Si](C)(C)CN1CCN(CCN)CC1. The molecule has 27 heavy (non-hydrogen) atoms. The van der Waals surface area contributed by atoms with Crippen LogP contribution in [0.1, 0.15) is 0 Å². The lowest BCUT2D eigenvalue weighted by Gasteiger charge is -2.40. The summed E-state index contributed by atoms with van der Waals surface area (Å²) in [7, 11) is -3.34. The van der Waals surface area contributed by atoms with Crippen molar-refractivity contribution in [2.24, 2.45) is 5.73 Å². The first-order valence-electron chi connectivity index (χ1n) is 10.8. The first kappa shape index (κ1) is 23.4. The lowest BCUT2D eigenvalue weighted by Crippen LogP contribution is -2.58. The Labute approximate surface area is 169 Å². The zero-order chi connectivity index (χ0) is 19.8. The summed E-state index contributed by atoms with van der Waals surface area (Å²) in [5.74, 6) is 0. The molecular formula is C18H44N6OSi2. The third kappa shape index (κ3) is 9.46. The Kier molecular flexibility index (Phi) is 9.87. The lowest BCUT2D eigenvalue weighted by molar-refractivity contribution is 0.146. The minimum atomic E-state index is -1.67. The maximum Gasteiger partial charge on any atom is 0.187 e. The van der Waals surface area contributed by atoms with Crippen molar-refractivity contribution >= 4 is 16.6 Å². The van der Waals surface area contributed by atoms with Crippen LogP contribution < -0.4 is 16.4 Å². The third-order valence-electron chi connectivity index (χ3n) is 5.43. The molecule has 0 saturated carbocycles. The van der Waals surface area contributed by atoms with Crippen LogP contribution in [0.25, 0.3) is 0 Å². The van der Waals surface area contributed by atoms with Gasteiger partial charge in [-0.15, -0.1) is 0 Å². The predicted molar refractivity (Wildman–Crippen MR) is 120 cm³/mol. The van der Waals surface area contributed by atoms with Gasteiger partial charge in [0.2, 0.25) is 0 Å². The molecule has 9 heteroatoms. The van der Waals surface area contributed by atoms with Crippen LogP contribution in [0.3, 0.4) is 0 Å². The molecule has 2 saturated heterocycles. The molecule has 0 spiro atoms. The van der Waals surface area contributed by atoms with Gasteiger partial charge in [-0.3, -0.25) is 9.80 Å². The van der Waals surface area contributed by atoms with Crippen LogP contribution in [-0.4, -0.2) is 122 Å². The number of nitrogens with one attached hydrogen (secondary N) is 2. The average molecular weight is 417 g/mol. The highest BCUT2D eigenvalue weighted by Gasteiger charge is 2.35. The van der Waals surface area contributed by atoms with Crippen molar-refractivity contribution in [1.82, 2.24) is 25.3 Å². The maximum absolute atomic E-state index is 6.81. The van der Waals surface area contributed by atoms with Crippen LogP contribution >= 0.6 is 0 Å². The van der Waals surface area contributed by atoms with Crippen molar-refractivity contribution in [3.05, 3.63) is 0 Å². The Hall–Kier alpha value is 0.154. The minimum Gasteiger partial charge on any atom is -0.454 e. The molecule has 160 valence electrons. The molecule has 0 radical (unpaired) electrons. The number of piperazine rings is 2. The Morgan fingerprint density at radius 2 is 1.44 bits per heavy atom. The molecule has 0 aromatic rings. The second-order valence-electron chi connectivity index (χ2n) is 9.30. The maximum atomic E-state index is 6.81. The van der Waals surface area contributed by atoms with Gasteiger partial charge in [-0.1, -0.05) is 0 Å². The summed E-state index contributed by atoms with van der Waals surface area (Å²) < 4.78 is 6.81. The molecule has 2 heterocycles. The highest BCUT2D eigenvalue weighted by molar-refractivity contribution is 6.85. The van der Waals surface area contributed by atoms with Crippen LogP contribution in [-0.2, 0) is 4.12 Å². The molecule has 0 aromatic carbocycles. The third-order valence-corrected chi connectivity index (χ3v) is 12.2. The topological polar surface area (TPSA) is 69.0 Å². The predicted octanol–water partition coefficient (Wildman–Crippen LogP) is -0.437. The normalized spacial score (nSPS) is 21.7. The summed E-state index contributed by atoms with van der Waals surface area (Å²) in [6.07, 6.45) is 2.21. The quantitative estimate of drug-likeness (QED) is 0.312. The van der Waals surface area contributed by atoms with Crippen LogP contribution in [0.4, 0.5) is 0 Å². The average Bonchev–Trinajstić information content (AvgIpc) is 2.60. The van der Waals surface area contributed by atoms with E-state index in [0.717, 1.165) is 77.8 Å². The van der Waals surface area contributed by atoms with E-state index in [1.165, 1.54) is 13.1 Å². The molecule has 2 fully saturated rings. The van der Waals surface area contributed by atoms with E-state index in [9.17, 15) is 0 Å². The van der Waals surface area contributed by atoms with Gasteiger partial charge < -0.3 is 25.4 Å². The van der Waals surface area contributed by atoms with E-state index in [-0.39, 0.29) is 0 Å². The van der Waals surface area contributed by atoms with E-state index in [1.807, 2.05) is 0 Å². The van der Waals surface area contributed by atoms with Crippen molar-refractivity contribution < 1.29 is 4.12 Å². The largest absolute Gasteiger partial charge is 0.454 e. The smallest absolute Gasteiger partial charge is 0.187 e. The summed E-state index contributed by atoms with van der Waals surface area (Å²) >= 11 is 0. The molecule has 0 unspecified atom stereocenters. The van der Waals surface area contributed by atoms with Crippen LogP contribution in [0.2, 0.25) is 26.2 Å². The molecule has 0 amide bonds. The second kappa shape index (κ2) is 11.4. The summed E-state index contributed by atoms with van der Waals surface area (Å²) in [6, 6.07) is 0. The van der Waals surface area contributed by atoms with E-state index in [1.54, 1.807) is 0 Å². The zero-order valence-electron chi connectivity index (χ0n) is 18.2. The molecule has 2 aliphatic rings. The number of rotatable bonds is 11. The van der Waals surface area contributed by atoms with Crippen LogP contribution in [0, 0.1) is 0 Å². The second-order valence-corrected chi connectivity index (χ2v) is 17.8. The fourth-order valence-corrected chi connectivity index (χ4v) is 13.0. The highest BCUT2D eigenvalue weighted by atomic mass is 28.4. The van der Waals surface area contributed by atoms with Gasteiger partial charge in [0.1, 0.15) is 0 Å². The molecule has 2 aliphatic heterocycles. The van der Waals surface area contributed by atoms with Crippen LogP contribution in [0.15, 0.2) is 0 Å². The molecule has 0 bridgehead atoms. The van der Waals surface area contributed by atoms with Gasteiger partial charge >= 0.3 is 0 Å². The van der Waals surface area contributed by atoms with Crippen molar-refractivity contribution in [2.45, 2.75) is 26.2 Å². The molecule has 0 atom stereocenters. The van der Waals surface area contributed by atoms with Gasteiger partial charge in [0.25, 0.3) is 0 Å². The fourth-order valence-electron chi connectivity index (χ4n) is 4.27. The molecule has 7 nitrogen and oxygen atoms in total. The number of hydrogen-bond acceptors (Lipinski definition) is 7. The molecule has 4 N–H and O–H groups in total. The minimum absolute atomic E-state index is 0.769. The molecule has 2 rings (SSSR count). The first-order chi connectivity index (χ1) is 12.8. The van der Waals surface area contributed by atoms with Crippen molar-refractivity contribution in [3.63, 3.8) is 0 Å². The molecule has 0 aromatic heterocycles. The zero-order valence-corrected chi connectivity index (χ0v) is 20.2. The van der Waals surface area contributed by atoms with Gasteiger partial charge in [0, 0.05) is 90.9 Å². The van der Waals surface area contributed by atoms with Gasteiger partial charge in [0.15, 0.2) is 16.6 Å². The first-order valence-corrected chi connectivity index (χ1v) is 17.0.